The summed E-state index contributed by atoms with van der Waals surface area (Å²) in [4.78, 5) is 11.5. The molecule has 2 aliphatic carbocycles. The first-order valence-electron chi connectivity index (χ1n) is 16.8. The van der Waals surface area contributed by atoms with E-state index >= 15 is 0 Å². The van der Waals surface area contributed by atoms with Gasteiger partial charge in [-0.2, -0.15) is 0 Å². The molecule has 0 radical (unpaired) electrons. The van der Waals surface area contributed by atoms with E-state index in [-0.39, 0.29) is 8.64 Å². The Morgan fingerprint density at radius 3 is 2.13 bits per heavy atom. The Balaban J connectivity index is 0.00000104. The van der Waals surface area contributed by atoms with Gasteiger partial charge in [0.15, 0.2) is 17.3 Å². The van der Waals surface area contributed by atoms with Crippen LogP contribution in [0.4, 0.5) is 0 Å². The Morgan fingerprint density at radius 2 is 1.57 bits per heavy atom. The summed E-state index contributed by atoms with van der Waals surface area (Å²) in [5, 5.41) is 0. The van der Waals surface area contributed by atoms with Crippen LogP contribution in [0.25, 0.3) is 11.1 Å². The maximum absolute atomic E-state index is 11.5. The molecule has 2 unspecified atom stereocenters. The average molecular weight is 625 g/mol. The normalized spacial score (nSPS) is 16.2. The van der Waals surface area contributed by atoms with Crippen molar-refractivity contribution in [2.24, 2.45) is 11.8 Å². The van der Waals surface area contributed by atoms with Gasteiger partial charge in [-0.05, 0) is 104 Å². The first kappa shape index (κ1) is 38.1. The number of rotatable bonds is 8. The van der Waals surface area contributed by atoms with Crippen molar-refractivity contribution in [3.63, 3.8) is 0 Å². The second-order valence-corrected chi connectivity index (χ2v) is 11.5. The van der Waals surface area contributed by atoms with E-state index in [1.54, 1.807) is 26.7 Å². The van der Waals surface area contributed by atoms with Gasteiger partial charge in [0.2, 0.25) is 0 Å². The Morgan fingerprint density at radius 1 is 0.913 bits per heavy atom. The highest BCUT2D eigenvalue weighted by atomic mass is 16.5. The molecule has 0 N–H and O–H groups in total. The van der Waals surface area contributed by atoms with Crippen LogP contribution in [0.15, 0.2) is 96.6 Å². The summed E-state index contributed by atoms with van der Waals surface area (Å²) in [6.45, 7) is 22.6. The Bertz CT molecular complexity index is 1560. The van der Waals surface area contributed by atoms with Crippen LogP contribution < -0.4 is 9.47 Å². The van der Waals surface area contributed by atoms with Crippen LogP contribution in [-0.2, 0) is 6.42 Å². The van der Waals surface area contributed by atoms with Gasteiger partial charge in [0.1, 0.15) is 0 Å². The molecule has 0 bridgehead atoms. The third-order valence-corrected chi connectivity index (χ3v) is 8.53. The molecule has 0 fully saturated rings. The number of hydrogen-bond donors (Lipinski definition) is 0. The summed E-state index contributed by atoms with van der Waals surface area (Å²) in [6.07, 6.45) is 10.1. The molecule has 250 valence electrons. The number of allylic oxidation sites excluding steroid dienone is 7. The quantitative estimate of drug-likeness (QED) is 0.234. The minimum absolute atomic E-state index is 0. The number of Topliss-reactive ketones (excluding diaryl/α,β-unsaturated/α-hetero) is 1. The van der Waals surface area contributed by atoms with Crippen LogP contribution in [0.5, 0.6) is 11.5 Å². The first-order chi connectivity index (χ1) is 22.1. The van der Waals surface area contributed by atoms with E-state index < -0.39 is 0 Å². The van der Waals surface area contributed by atoms with Crippen molar-refractivity contribution < 1.29 is 17.1 Å². The molecule has 0 aromatic heterocycles. The minimum Gasteiger partial charge on any atom is -0.493 e. The van der Waals surface area contributed by atoms with Crippen molar-refractivity contribution in [3.8, 4) is 11.5 Å². The molecule has 3 aromatic carbocycles. The van der Waals surface area contributed by atoms with Crippen molar-refractivity contribution in [2.45, 2.75) is 81.6 Å². The molecule has 0 saturated heterocycles. The lowest BCUT2D eigenvalue weighted by atomic mass is 9.82. The van der Waals surface area contributed by atoms with Crippen LogP contribution in [0, 0.1) is 25.7 Å². The smallest absolute Gasteiger partial charge is 0.163 e. The van der Waals surface area contributed by atoms with Gasteiger partial charge in [-0.25, -0.2) is 0 Å². The largest absolute Gasteiger partial charge is 0.493 e. The molecule has 3 aromatic rings. The standard InChI is InChI=1S/C29H30O.C10H14O2.2C2H6.2H2/c1-19-7-5-10-27(19)29-16-15-28(21(29)3)26-9-6-8-23(18-26)17-20(2)24-11-13-25(14-12-24)22(4)30;1-7-5-8(2)10(12-4)9(6-7)11-3;2*1-2;;/h5-9,11-15,18,21,29H,2,10,16-17H2,1,3-4H3;5-6H,1-4H3;2*1-2H3;2*1H. The van der Waals surface area contributed by atoms with Gasteiger partial charge in [0.25, 0.3) is 0 Å². The molecule has 0 heterocycles. The number of ether oxygens (including phenoxy) is 2. The fourth-order valence-electron chi connectivity index (χ4n) is 6.24. The second-order valence-electron chi connectivity index (χ2n) is 11.5. The zero-order valence-corrected chi connectivity index (χ0v) is 30.2. The number of methoxy groups -OCH3 is 2. The molecular formula is C43H60O3. The third-order valence-electron chi connectivity index (χ3n) is 8.53. The Labute approximate surface area is 282 Å². The summed E-state index contributed by atoms with van der Waals surface area (Å²) in [5.74, 6) is 2.90. The zero-order chi connectivity index (χ0) is 34.4. The molecule has 0 aliphatic heterocycles. The number of carbonyl (C=O) groups excluding carboxylic acids is 1. The van der Waals surface area contributed by atoms with Gasteiger partial charge < -0.3 is 9.47 Å². The molecule has 0 spiro atoms. The van der Waals surface area contributed by atoms with Crippen molar-refractivity contribution in [1.82, 2.24) is 0 Å². The molecule has 0 saturated carbocycles. The summed E-state index contributed by atoms with van der Waals surface area (Å²) < 4.78 is 10.4. The lowest BCUT2D eigenvalue weighted by Gasteiger charge is -2.22. The van der Waals surface area contributed by atoms with Crippen LogP contribution >= 0.6 is 0 Å². The predicted octanol–water partition coefficient (Wildman–Crippen LogP) is 12.3. The van der Waals surface area contributed by atoms with E-state index in [1.807, 2.05) is 71.9 Å². The van der Waals surface area contributed by atoms with Crippen molar-refractivity contribution in [3.05, 3.63) is 130 Å². The zero-order valence-electron chi connectivity index (χ0n) is 30.2. The molecule has 0 amide bonds. The van der Waals surface area contributed by atoms with Gasteiger partial charge >= 0.3 is 0 Å². The Kier molecular flexibility index (Phi) is 15.5. The second kappa shape index (κ2) is 18.8. The third kappa shape index (κ3) is 9.69. The van der Waals surface area contributed by atoms with Crippen molar-refractivity contribution in [2.75, 3.05) is 14.2 Å². The van der Waals surface area contributed by atoms with Crippen LogP contribution in [0.1, 0.15) is 102 Å². The number of ketones is 1. The van der Waals surface area contributed by atoms with E-state index in [1.165, 1.54) is 27.8 Å². The number of carbonyl (C=O) groups is 1. The summed E-state index contributed by atoms with van der Waals surface area (Å²) in [5.41, 5.74) is 12.4. The number of benzene rings is 3. The lowest BCUT2D eigenvalue weighted by molar-refractivity contribution is 0.101. The topological polar surface area (TPSA) is 35.5 Å². The van der Waals surface area contributed by atoms with E-state index in [9.17, 15) is 4.79 Å². The van der Waals surface area contributed by atoms with E-state index in [4.69, 9.17) is 9.47 Å². The molecule has 2 aliphatic rings. The van der Waals surface area contributed by atoms with Crippen LogP contribution in [0.2, 0.25) is 0 Å². The summed E-state index contributed by atoms with van der Waals surface area (Å²) in [7, 11) is 3.30. The van der Waals surface area contributed by atoms with Crippen LogP contribution in [0.3, 0.4) is 0 Å². The molecule has 3 heteroatoms. The number of aryl methyl sites for hydroxylation is 2. The molecular weight excluding hydrogens is 564 g/mol. The first-order valence-corrected chi connectivity index (χ1v) is 16.8. The maximum Gasteiger partial charge on any atom is 0.163 e. The molecule has 3 nitrogen and oxygen atoms in total. The number of hydrogen-bond acceptors (Lipinski definition) is 3. The van der Waals surface area contributed by atoms with Gasteiger partial charge in [0, 0.05) is 8.42 Å². The lowest BCUT2D eigenvalue weighted by Crippen LogP contribution is -2.10. The van der Waals surface area contributed by atoms with E-state index in [0.717, 1.165) is 53.0 Å². The van der Waals surface area contributed by atoms with Crippen LogP contribution in [-0.4, -0.2) is 20.0 Å². The monoisotopic (exact) mass is 624 g/mol. The van der Waals surface area contributed by atoms with Gasteiger partial charge in [0.05, 0.1) is 14.2 Å². The molecule has 2 atom stereocenters. The van der Waals surface area contributed by atoms with E-state index in [2.05, 4.69) is 69.0 Å². The van der Waals surface area contributed by atoms with Crippen molar-refractivity contribution >= 4 is 16.9 Å². The predicted molar refractivity (Wildman–Crippen MR) is 203 cm³/mol. The van der Waals surface area contributed by atoms with Gasteiger partial charge in [-0.1, -0.05) is 125 Å². The maximum atomic E-state index is 11.5. The fraction of sp³-hybridized carbons (Fsp3) is 0.372. The average Bonchev–Trinajstić information content (AvgIpc) is 3.67. The molecule has 5 rings (SSSR count). The molecule has 46 heavy (non-hydrogen) atoms. The van der Waals surface area contributed by atoms with Crippen molar-refractivity contribution in [1.29, 1.82) is 0 Å². The van der Waals surface area contributed by atoms with Gasteiger partial charge in [-0.15, -0.1) is 0 Å². The Hall–Kier alpha value is -4.11. The van der Waals surface area contributed by atoms with Gasteiger partial charge in [-0.3, -0.25) is 4.79 Å². The SMILES string of the molecule is C=C(Cc1cccc(C2=CCC(C3=C(C)C=CC3)C2C)c1)c1ccc(C(C)=O)cc1.CC.CC.COc1cc(C)cc(C)c1OC.[HH].[HH]. The van der Waals surface area contributed by atoms with E-state index in [0.29, 0.717) is 11.8 Å². The highest BCUT2D eigenvalue weighted by molar-refractivity contribution is 5.94. The highest BCUT2D eigenvalue weighted by Gasteiger charge is 2.30. The highest BCUT2D eigenvalue weighted by Crippen LogP contribution is 2.45. The fourth-order valence-corrected chi connectivity index (χ4v) is 6.24. The summed E-state index contributed by atoms with van der Waals surface area (Å²) in [6, 6.07) is 20.7. The summed E-state index contributed by atoms with van der Waals surface area (Å²) >= 11 is 0. The minimum atomic E-state index is 0.